The number of hydrogen-bond donors (Lipinski definition) is 1. The highest BCUT2D eigenvalue weighted by atomic mass is 35.5. The predicted octanol–water partition coefficient (Wildman–Crippen LogP) is 0.892. The molecule has 1 aliphatic rings. The molecule has 1 aliphatic heterocycles. The molecule has 0 aliphatic carbocycles. The number of aromatic nitrogens is 4. The van der Waals surface area contributed by atoms with E-state index in [0.29, 0.717) is 17.6 Å². The van der Waals surface area contributed by atoms with Crippen molar-refractivity contribution in [2.45, 2.75) is 25.4 Å². The van der Waals surface area contributed by atoms with Gasteiger partial charge in [0.15, 0.2) is 0 Å². The number of imidazole rings is 1. The van der Waals surface area contributed by atoms with Crippen LogP contribution in [0.3, 0.4) is 0 Å². The van der Waals surface area contributed by atoms with Gasteiger partial charge in [-0.3, -0.25) is 9.69 Å². The number of nitrogens with two attached hydrogens (primary N) is 1. The van der Waals surface area contributed by atoms with Gasteiger partial charge < -0.3 is 14.8 Å². The van der Waals surface area contributed by atoms with Crippen molar-refractivity contribution in [2.24, 2.45) is 12.8 Å². The predicted molar refractivity (Wildman–Crippen MR) is 73.4 cm³/mol. The van der Waals surface area contributed by atoms with Crippen molar-refractivity contribution in [3.63, 3.8) is 0 Å². The number of primary amides is 1. The summed E-state index contributed by atoms with van der Waals surface area (Å²) in [7, 11) is 1.87. The van der Waals surface area contributed by atoms with Crippen molar-refractivity contribution in [1.29, 1.82) is 0 Å². The lowest BCUT2D eigenvalue weighted by Crippen LogP contribution is -2.25. The van der Waals surface area contributed by atoms with Gasteiger partial charge in [-0.05, 0) is 19.4 Å². The summed E-state index contributed by atoms with van der Waals surface area (Å²) in [5, 5.41) is 4.19. The lowest BCUT2D eigenvalue weighted by atomic mass is 10.2. The Morgan fingerprint density at radius 3 is 3.05 bits per heavy atom. The Labute approximate surface area is 125 Å². The minimum absolute atomic E-state index is 0.0268. The molecule has 2 aromatic rings. The maximum atomic E-state index is 11.0. The summed E-state index contributed by atoms with van der Waals surface area (Å²) in [4.78, 5) is 21.6. The van der Waals surface area contributed by atoms with Gasteiger partial charge in [-0.15, -0.1) is 0 Å². The van der Waals surface area contributed by atoms with E-state index in [2.05, 4.69) is 20.0 Å². The van der Waals surface area contributed by atoms with Crippen LogP contribution in [0.5, 0.6) is 0 Å². The first-order chi connectivity index (χ1) is 10.1. The molecule has 1 fully saturated rings. The largest absolute Gasteiger partial charge is 0.363 e. The van der Waals surface area contributed by atoms with Crippen LogP contribution in [0.15, 0.2) is 10.7 Å². The third kappa shape index (κ3) is 2.64. The zero-order valence-corrected chi connectivity index (χ0v) is 12.2. The van der Waals surface area contributed by atoms with Crippen LogP contribution in [0, 0.1) is 0 Å². The van der Waals surface area contributed by atoms with Crippen molar-refractivity contribution in [2.75, 3.05) is 6.54 Å². The molecule has 0 saturated carbocycles. The molecule has 0 spiro atoms. The normalized spacial score (nSPS) is 19.2. The highest BCUT2D eigenvalue weighted by molar-refractivity contribution is 6.29. The topological polar surface area (TPSA) is 103 Å². The number of carbonyl (C=O) groups is 1. The van der Waals surface area contributed by atoms with E-state index < -0.39 is 5.91 Å². The number of nitrogens with zero attached hydrogens (tertiary/aromatic N) is 5. The van der Waals surface area contributed by atoms with Gasteiger partial charge in [0.05, 0.1) is 18.8 Å². The second-order valence-corrected chi connectivity index (χ2v) is 5.39. The Hall–Kier alpha value is -1.93. The van der Waals surface area contributed by atoms with Crippen LogP contribution in [-0.2, 0) is 13.6 Å². The number of hydrogen-bond acceptors (Lipinski definition) is 6. The van der Waals surface area contributed by atoms with Gasteiger partial charge in [0.1, 0.15) is 11.0 Å². The molecule has 1 saturated heterocycles. The molecule has 112 valence electrons. The maximum Gasteiger partial charge on any atom is 0.290 e. The summed E-state index contributed by atoms with van der Waals surface area (Å²) in [5.74, 6) is 0.505. The molecular formula is C12H15ClN6O2. The molecule has 2 N–H and O–H groups in total. The van der Waals surface area contributed by atoms with Crippen molar-refractivity contribution < 1.29 is 9.32 Å². The van der Waals surface area contributed by atoms with Crippen LogP contribution in [0.2, 0.25) is 5.15 Å². The average molecular weight is 311 g/mol. The average Bonchev–Trinajstić information content (AvgIpc) is 3.15. The smallest absolute Gasteiger partial charge is 0.290 e. The summed E-state index contributed by atoms with van der Waals surface area (Å²) in [6.07, 6.45) is 3.52. The molecule has 2 aromatic heterocycles. The second-order valence-electron chi connectivity index (χ2n) is 5.01. The minimum Gasteiger partial charge on any atom is -0.363 e. The first-order valence-electron chi connectivity index (χ1n) is 6.60. The van der Waals surface area contributed by atoms with E-state index in [1.807, 2.05) is 11.6 Å². The summed E-state index contributed by atoms with van der Waals surface area (Å²) < 4.78 is 6.99. The van der Waals surface area contributed by atoms with Gasteiger partial charge in [0.25, 0.3) is 11.7 Å². The van der Waals surface area contributed by atoms with Gasteiger partial charge in [-0.1, -0.05) is 16.8 Å². The molecule has 0 unspecified atom stereocenters. The standard InChI is InChI=1S/C12H15ClN6O2/c1-18-8(13)5-15-9(18)6-19-4-2-3-7(19)12-16-11(10(14)20)17-21-12/h5,7H,2-4,6H2,1H3,(H2,14,20)/t7-/m0/s1. The second kappa shape index (κ2) is 5.45. The van der Waals surface area contributed by atoms with Crippen LogP contribution in [-0.4, -0.2) is 37.0 Å². The molecular weight excluding hydrogens is 296 g/mol. The Bertz CT molecular complexity index is 667. The zero-order chi connectivity index (χ0) is 15.0. The molecule has 0 bridgehead atoms. The van der Waals surface area contributed by atoms with Gasteiger partial charge >= 0.3 is 0 Å². The fourth-order valence-corrected chi connectivity index (χ4v) is 2.66. The van der Waals surface area contributed by atoms with Crippen molar-refractivity contribution in [3.05, 3.63) is 28.9 Å². The molecule has 3 rings (SSSR count). The third-order valence-corrected chi connectivity index (χ3v) is 4.03. The lowest BCUT2D eigenvalue weighted by Gasteiger charge is -2.20. The first kappa shape index (κ1) is 14.0. The summed E-state index contributed by atoms with van der Waals surface area (Å²) in [6.45, 7) is 1.52. The van der Waals surface area contributed by atoms with Crippen molar-refractivity contribution in [1.82, 2.24) is 24.6 Å². The van der Waals surface area contributed by atoms with Gasteiger partial charge in [0.2, 0.25) is 5.89 Å². The van der Waals surface area contributed by atoms with Crippen LogP contribution in [0.1, 0.15) is 41.2 Å². The van der Waals surface area contributed by atoms with Crippen molar-refractivity contribution in [3.8, 4) is 0 Å². The Kier molecular flexibility index (Phi) is 3.64. The monoisotopic (exact) mass is 310 g/mol. The summed E-state index contributed by atoms with van der Waals surface area (Å²) in [5.41, 5.74) is 5.14. The Balaban J connectivity index is 1.78. The number of halogens is 1. The van der Waals surface area contributed by atoms with Gasteiger partial charge in [0, 0.05) is 7.05 Å². The summed E-state index contributed by atoms with van der Waals surface area (Å²) in [6, 6.07) is -0.0268. The number of amides is 1. The van der Waals surface area contributed by atoms with Crippen LogP contribution in [0.4, 0.5) is 0 Å². The van der Waals surface area contributed by atoms with Crippen LogP contribution in [0.25, 0.3) is 0 Å². The van der Waals surface area contributed by atoms with E-state index in [1.54, 1.807) is 6.20 Å². The van der Waals surface area contributed by atoms with Crippen molar-refractivity contribution >= 4 is 17.5 Å². The molecule has 21 heavy (non-hydrogen) atoms. The lowest BCUT2D eigenvalue weighted by molar-refractivity contribution is 0.0987. The van der Waals surface area contributed by atoms with Gasteiger partial charge in [-0.2, -0.15) is 4.98 Å². The molecule has 1 amide bonds. The Morgan fingerprint density at radius 1 is 1.62 bits per heavy atom. The van der Waals surface area contributed by atoms with E-state index in [9.17, 15) is 4.79 Å². The highest BCUT2D eigenvalue weighted by Gasteiger charge is 2.32. The molecule has 9 heteroatoms. The molecule has 8 nitrogen and oxygen atoms in total. The summed E-state index contributed by atoms with van der Waals surface area (Å²) >= 11 is 6.00. The van der Waals surface area contributed by atoms with E-state index in [4.69, 9.17) is 21.9 Å². The molecule has 0 radical (unpaired) electrons. The minimum atomic E-state index is -0.689. The fourth-order valence-electron chi connectivity index (χ4n) is 2.52. The van der Waals surface area contributed by atoms with E-state index in [0.717, 1.165) is 25.2 Å². The molecule has 0 aromatic carbocycles. The van der Waals surface area contributed by atoms with Crippen LogP contribution >= 0.6 is 11.6 Å². The number of carbonyl (C=O) groups excluding carboxylic acids is 1. The fraction of sp³-hybridized carbons (Fsp3) is 0.500. The number of likely N-dealkylation sites (tertiary alicyclic amines) is 1. The third-order valence-electron chi connectivity index (χ3n) is 3.68. The maximum absolute atomic E-state index is 11.0. The van der Waals surface area contributed by atoms with E-state index in [1.165, 1.54) is 0 Å². The van der Waals surface area contributed by atoms with Gasteiger partial charge in [-0.25, -0.2) is 4.98 Å². The quantitative estimate of drug-likeness (QED) is 0.899. The Morgan fingerprint density at radius 2 is 2.43 bits per heavy atom. The number of rotatable bonds is 4. The molecule has 3 heterocycles. The highest BCUT2D eigenvalue weighted by Crippen LogP contribution is 2.32. The van der Waals surface area contributed by atoms with Crippen LogP contribution < -0.4 is 5.73 Å². The SMILES string of the molecule is Cn1c(Cl)cnc1CN1CCC[C@H]1c1nc(C(N)=O)no1. The van der Waals surface area contributed by atoms with E-state index in [-0.39, 0.29) is 11.9 Å². The van der Waals surface area contributed by atoms with E-state index >= 15 is 0 Å². The molecule has 1 atom stereocenters. The zero-order valence-electron chi connectivity index (χ0n) is 11.5. The first-order valence-corrected chi connectivity index (χ1v) is 6.97.